The van der Waals surface area contributed by atoms with E-state index in [4.69, 9.17) is 0 Å². The lowest BCUT2D eigenvalue weighted by molar-refractivity contribution is -0.172. The summed E-state index contributed by atoms with van der Waals surface area (Å²) >= 11 is 0. The summed E-state index contributed by atoms with van der Waals surface area (Å²) in [5, 5.41) is 10.0. The van der Waals surface area contributed by atoms with Gasteiger partial charge in [0.25, 0.3) is 0 Å². The maximum Gasteiger partial charge on any atom is 0.246 e. The van der Waals surface area contributed by atoms with Gasteiger partial charge in [-0.15, -0.1) is 0 Å². The predicted octanol–water partition coefficient (Wildman–Crippen LogP) is 2.64. The van der Waals surface area contributed by atoms with Crippen molar-refractivity contribution in [2.75, 3.05) is 6.54 Å². The Morgan fingerprint density at radius 3 is 2.76 bits per heavy atom. The molecule has 2 rings (SSSR count). The van der Waals surface area contributed by atoms with Crippen LogP contribution in [0.25, 0.3) is 0 Å². The molecule has 17 heavy (non-hydrogen) atoms. The summed E-state index contributed by atoms with van der Waals surface area (Å²) in [6.45, 7) is 0.495. The predicted molar refractivity (Wildman–Crippen MR) is 65.6 cm³/mol. The summed E-state index contributed by atoms with van der Waals surface area (Å²) in [4.78, 5) is 11.3. The average Bonchev–Trinajstić information content (AvgIpc) is 2.35. The zero-order chi connectivity index (χ0) is 12.1. The van der Waals surface area contributed by atoms with Gasteiger partial charge in [0.05, 0.1) is 0 Å². The smallest absolute Gasteiger partial charge is 0.246 e. The van der Waals surface area contributed by atoms with Gasteiger partial charge in [-0.3, -0.25) is 10.0 Å². The minimum Gasteiger partial charge on any atom is -0.286 e. The topological polar surface area (TPSA) is 40.5 Å². The molecule has 3 nitrogen and oxygen atoms in total. The van der Waals surface area contributed by atoms with Crippen LogP contribution in [0.4, 0.5) is 0 Å². The lowest BCUT2D eigenvalue weighted by Gasteiger charge is -2.26. The maximum absolute atomic E-state index is 11.3. The highest BCUT2D eigenvalue weighted by Crippen LogP contribution is 2.22. The van der Waals surface area contributed by atoms with E-state index in [0.717, 1.165) is 30.7 Å². The number of piperidine rings is 1. The number of amides is 1. The summed E-state index contributed by atoms with van der Waals surface area (Å²) in [7, 11) is 0. The Morgan fingerprint density at radius 2 is 2.06 bits per heavy atom. The van der Waals surface area contributed by atoms with Crippen LogP contribution in [0.1, 0.15) is 31.2 Å². The minimum atomic E-state index is -0.124. The van der Waals surface area contributed by atoms with E-state index in [1.165, 1.54) is 5.56 Å². The normalized spacial score (nSPS) is 20.6. The molecule has 3 heteroatoms. The molecule has 1 amide bonds. The second-order valence-corrected chi connectivity index (χ2v) is 4.75. The molecule has 1 aliphatic heterocycles. The molecule has 0 aromatic heterocycles. The first kappa shape index (κ1) is 12.1. The van der Waals surface area contributed by atoms with Gasteiger partial charge in [0.1, 0.15) is 0 Å². The van der Waals surface area contributed by atoms with Crippen LogP contribution in [0.2, 0.25) is 0 Å². The molecule has 1 N–H and O–H groups in total. The van der Waals surface area contributed by atoms with Gasteiger partial charge in [0.2, 0.25) is 5.91 Å². The SMILES string of the molecule is O=C1CC(CCCc2ccccc2)CCN1O. The highest BCUT2D eigenvalue weighted by molar-refractivity contribution is 5.75. The molecule has 1 heterocycles. The van der Waals surface area contributed by atoms with E-state index >= 15 is 0 Å². The third-order valence-corrected chi connectivity index (χ3v) is 3.42. The number of hydroxylamine groups is 2. The van der Waals surface area contributed by atoms with Gasteiger partial charge < -0.3 is 0 Å². The summed E-state index contributed by atoms with van der Waals surface area (Å²) in [5.41, 5.74) is 1.36. The number of hydrogen-bond donors (Lipinski definition) is 1. The second kappa shape index (κ2) is 5.82. The Hall–Kier alpha value is -1.35. The standard InChI is InChI=1S/C14H19NO2/c16-14-11-13(9-10-15(14)17)8-4-7-12-5-2-1-3-6-12/h1-3,5-6,13,17H,4,7-11H2. The van der Waals surface area contributed by atoms with Crippen LogP contribution in [0.15, 0.2) is 30.3 Å². The van der Waals surface area contributed by atoms with E-state index in [9.17, 15) is 10.0 Å². The van der Waals surface area contributed by atoms with Crippen LogP contribution in [0.5, 0.6) is 0 Å². The van der Waals surface area contributed by atoms with Crippen LogP contribution in [-0.4, -0.2) is 22.7 Å². The van der Waals surface area contributed by atoms with E-state index in [1.54, 1.807) is 0 Å². The molecule has 0 spiro atoms. The second-order valence-electron chi connectivity index (χ2n) is 4.75. The Bertz CT molecular complexity index is 364. The quantitative estimate of drug-likeness (QED) is 0.812. The van der Waals surface area contributed by atoms with E-state index in [-0.39, 0.29) is 5.91 Å². The van der Waals surface area contributed by atoms with Crippen molar-refractivity contribution in [2.24, 2.45) is 5.92 Å². The molecule has 92 valence electrons. The molecule has 0 radical (unpaired) electrons. The first-order chi connectivity index (χ1) is 8.25. The van der Waals surface area contributed by atoms with Gasteiger partial charge in [-0.05, 0) is 37.2 Å². The number of carbonyl (C=O) groups excluding carboxylic acids is 1. The molecule has 1 atom stereocenters. The summed E-state index contributed by atoms with van der Waals surface area (Å²) in [5.74, 6) is 0.329. The Balaban J connectivity index is 1.71. The fraction of sp³-hybridized carbons (Fsp3) is 0.500. The van der Waals surface area contributed by atoms with Crippen LogP contribution < -0.4 is 0 Å². The van der Waals surface area contributed by atoms with Gasteiger partial charge in [-0.25, -0.2) is 5.06 Å². The Kier molecular flexibility index (Phi) is 4.15. The lowest BCUT2D eigenvalue weighted by atomic mass is 9.91. The molecular weight excluding hydrogens is 214 g/mol. The number of rotatable bonds is 4. The van der Waals surface area contributed by atoms with Crippen molar-refractivity contribution < 1.29 is 10.0 Å². The monoisotopic (exact) mass is 233 g/mol. The molecule has 1 aliphatic rings. The molecule has 1 aromatic carbocycles. The van der Waals surface area contributed by atoms with Crippen LogP contribution in [0, 0.1) is 5.92 Å². The Labute approximate surface area is 102 Å². The number of aryl methyl sites for hydroxylation is 1. The van der Waals surface area contributed by atoms with Crippen molar-refractivity contribution in [1.82, 2.24) is 5.06 Å². The van der Waals surface area contributed by atoms with E-state index in [2.05, 4.69) is 24.3 Å². The first-order valence-corrected chi connectivity index (χ1v) is 6.29. The highest BCUT2D eigenvalue weighted by Gasteiger charge is 2.23. The molecular formula is C14H19NO2. The minimum absolute atomic E-state index is 0.124. The molecule has 0 aliphatic carbocycles. The van der Waals surface area contributed by atoms with Crippen molar-refractivity contribution in [3.8, 4) is 0 Å². The number of benzene rings is 1. The van der Waals surface area contributed by atoms with Gasteiger partial charge in [-0.1, -0.05) is 30.3 Å². The first-order valence-electron chi connectivity index (χ1n) is 6.29. The van der Waals surface area contributed by atoms with Gasteiger partial charge >= 0.3 is 0 Å². The third kappa shape index (κ3) is 3.56. The van der Waals surface area contributed by atoms with Gasteiger partial charge in [0, 0.05) is 13.0 Å². The number of hydrogen-bond acceptors (Lipinski definition) is 2. The third-order valence-electron chi connectivity index (χ3n) is 3.42. The average molecular weight is 233 g/mol. The van der Waals surface area contributed by atoms with Gasteiger partial charge in [-0.2, -0.15) is 0 Å². The molecule has 0 bridgehead atoms. The summed E-state index contributed by atoms with van der Waals surface area (Å²) in [6.07, 6.45) is 4.71. The Morgan fingerprint density at radius 1 is 1.29 bits per heavy atom. The zero-order valence-corrected chi connectivity index (χ0v) is 10.0. The van der Waals surface area contributed by atoms with Gasteiger partial charge in [0.15, 0.2) is 0 Å². The fourth-order valence-corrected chi connectivity index (χ4v) is 2.37. The number of carbonyl (C=O) groups is 1. The van der Waals surface area contributed by atoms with Crippen molar-refractivity contribution in [2.45, 2.75) is 32.1 Å². The van der Waals surface area contributed by atoms with E-state index in [1.807, 2.05) is 6.07 Å². The largest absolute Gasteiger partial charge is 0.286 e. The molecule has 1 saturated heterocycles. The van der Waals surface area contributed by atoms with E-state index in [0.29, 0.717) is 18.9 Å². The van der Waals surface area contributed by atoms with Crippen molar-refractivity contribution in [3.05, 3.63) is 35.9 Å². The zero-order valence-electron chi connectivity index (χ0n) is 10.0. The summed E-state index contributed by atoms with van der Waals surface area (Å²) < 4.78 is 0. The molecule has 1 unspecified atom stereocenters. The highest BCUT2D eigenvalue weighted by atomic mass is 16.5. The van der Waals surface area contributed by atoms with Crippen molar-refractivity contribution in [3.63, 3.8) is 0 Å². The van der Waals surface area contributed by atoms with Crippen molar-refractivity contribution >= 4 is 5.91 Å². The fourth-order valence-electron chi connectivity index (χ4n) is 2.37. The molecule has 1 fully saturated rings. The summed E-state index contributed by atoms with van der Waals surface area (Å²) in [6, 6.07) is 10.4. The lowest BCUT2D eigenvalue weighted by Crippen LogP contribution is -2.36. The maximum atomic E-state index is 11.3. The molecule has 1 aromatic rings. The van der Waals surface area contributed by atoms with Crippen LogP contribution in [-0.2, 0) is 11.2 Å². The number of nitrogens with zero attached hydrogens (tertiary/aromatic N) is 1. The van der Waals surface area contributed by atoms with Crippen LogP contribution >= 0.6 is 0 Å². The van der Waals surface area contributed by atoms with Crippen LogP contribution in [0.3, 0.4) is 0 Å². The molecule has 0 saturated carbocycles. The van der Waals surface area contributed by atoms with E-state index < -0.39 is 0 Å². The van der Waals surface area contributed by atoms with Crippen molar-refractivity contribution in [1.29, 1.82) is 0 Å².